The van der Waals surface area contributed by atoms with Crippen LogP contribution in [0.4, 0.5) is 0 Å². The molecule has 0 spiro atoms. The standard InChI is InChI=1S/C12H22N2S/c1-5-6-13-12(9(2)3)7-11-8-15-10(4)14-11/h8-9,12-13H,5-7H2,1-4H3. The highest BCUT2D eigenvalue weighted by atomic mass is 32.1. The summed E-state index contributed by atoms with van der Waals surface area (Å²) in [6.45, 7) is 9.92. The number of rotatable bonds is 6. The van der Waals surface area contributed by atoms with Crippen molar-refractivity contribution >= 4 is 11.3 Å². The first kappa shape index (κ1) is 12.7. The number of nitrogens with zero attached hydrogens (tertiary/aromatic N) is 1. The first-order valence-electron chi connectivity index (χ1n) is 5.77. The average molecular weight is 226 g/mol. The molecule has 0 bridgehead atoms. The Morgan fingerprint density at radius 3 is 2.67 bits per heavy atom. The molecule has 0 amide bonds. The Kier molecular flexibility index (Phi) is 5.26. The lowest BCUT2D eigenvalue weighted by Gasteiger charge is -2.21. The molecule has 1 aromatic heterocycles. The Morgan fingerprint density at radius 2 is 2.20 bits per heavy atom. The van der Waals surface area contributed by atoms with Crippen molar-refractivity contribution in [2.75, 3.05) is 6.54 Å². The van der Waals surface area contributed by atoms with Gasteiger partial charge >= 0.3 is 0 Å². The predicted molar refractivity (Wildman–Crippen MR) is 67.5 cm³/mol. The summed E-state index contributed by atoms with van der Waals surface area (Å²) in [5.74, 6) is 0.665. The summed E-state index contributed by atoms with van der Waals surface area (Å²) in [6.07, 6.45) is 2.25. The molecule has 1 unspecified atom stereocenters. The third-order valence-electron chi connectivity index (χ3n) is 2.56. The maximum atomic E-state index is 4.52. The molecule has 1 heterocycles. The van der Waals surface area contributed by atoms with Crippen molar-refractivity contribution in [1.29, 1.82) is 0 Å². The topological polar surface area (TPSA) is 24.9 Å². The van der Waals surface area contributed by atoms with Gasteiger partial charge in [0.2, 0.25) is 0 Å². The highest BCUT2D eigenvalue weighted by Crippen LogP contribution is 2.13. The van der Waals surface area contributed by atoms with Gasteiger partial charge in [-0.15, -0.1) is 11.3 Å². The number of aromatic nitrogens is 1. The molecule has 86 valence electrons. The monoisotopic (exact) mass is 226 g/mol. The fraction of sp³-hybridized carbons (Fsp3) is 0.750. The zero-order valence-corrected chi connectivity index (χ0v) is 11.0. The molecule has 0 saturated carbocycles. The van der Waals surface area contributed by atoms with E-state index in [1.54, 1.807) is 11.3 Å². The zero-order chi connectivity index (χ0) is 11.3. The lowest BCUT2D eigenvalue weighted by molar-refractivity contribution is 0.395. The SMILES string of the molecule is CCCNC(Cc1csc(C)n1)C(C)C. The molecule has 1 atom stereocenters. The van der Waals surface area contributed by atoms with Crippen LogP contribution in [0.5, 0.6) is 0 Å². The highest BCUT2D eigenvalue weighted by Gasteiger charge is 2.14. The number of nitrogens with one attached hydrogen (secondary N) is 1. The average Bonchev–Trinajstić information content (AvgIpc) is 2.58. The quantitative estimate of drug-likeness (QED) is 0.806. The molecule has 0 aliphatic heterocycles. The summed E-state index contributed by atoms with van der Waals surface area (Å²) in [5, 5.41) is 6.94. The highest BCUT2D eigenvalue weighted by molar-refractivity contribution is 7.09. The third-order valence-corrected chi connectivity index (χ3v) is 3.38. The Bertz CT molecular complexity index is 281. The maximum Gasteiger partial charge on any atom is 0.0897 e. The van der Waals surface area contributed by atoms with Gasteiger partial charge in [0, 0.05) is 17.8 Å². The summed E-state index contributed by atoms with van der Waals surface area (Å²) >= 11 is 1.74. The minimum absolute atomic E-state index is 0.562. The summed E-state index contributed by atoms with van der Waals surface area (Å²) in [7, 11) is 0. The van der Waals surface area contributed by atoms with Crippen LogP contribution in [0.3, 0.4) is 0 Å². The van der Waals surface area contributed by atoms with Crippen molar-refractivity contribution in [2.24, 2.45) is 5.92 Å². The van der Waals surface area contributed by atoms with Crippen LogP contribution in [0.1, 0.15) is 37.9 Å². The molecule has 1 N–H and O–H groups in total. The van der Waals surface area contributed by atoms with Crippen LogP contribution in [0.25, 0.3) is 0 Å². The second-order valence-corrected chi connectivity index (χ2v) is 5.43. The fourth-order valence-corrected chi connectivity index (χ4v) is 2.23. The zero-order valence-electron chi connectivity index (χ0n) is 10.2. The molecule has 0 aromatic carbocycles. The van der Waals surface area contributed by atoms with Gasteiger partial charge in [0.25, 0.3) is 0 Å². The second-order valence-electron chi connectivity index (χ2n) is 4.37. The van der Waals surface area contributed by atoms with E-state index in [1.807, 2.05) is 0 Å². The molecule has 0 saturated heterocycles. The normalized spacial score (nSPS) is 13.4. The van der Waals surface area contributed by atoms with Crippen molar-refractivity contribution in [3.8, 4) is 0 Å². The van der Waals surface area contributed by atoms with Crippen LogP contribution < -0.4 is 5.32 Å². The van der Waals surface area contributed by atoms with Crippen LogP contribution in [0.2, 0.25) is 0 Å². The summed E-state index contributed by atoms with van der Waals surface area (Å²) < 4.78 is 0. The van der Waals surface area contributed by atoms with Gasteiger partial charge in [-0.05, 0) is 25.8 Å². The van der Waals surface area contributed by atoms with E-state index in [-0.39, 0.29) is 0 Å². The molecule has 1 aromatic rings. The number of aryl methyl sites for hydroxylation is 1. The van der Waals surface area contributed by atoms with Crippen molar-refractivity contribution < 1.29 is 0 Å². The van der Waals surface area contributed by atoms with E-state index >= 15 is 0 Å². The first-order valence-corrected chi connectivity index (χ1v) is 6.65. The van der Waals surface area contributed by atoms with Gasteiger partial charge in [0.05, 0.1) is 10.7 Å². The first-order chi connectivity index (χ1) is 7.13. The minimum atomic E-state index is 0.562. The van der Waals surface area contributed by atoms with Crippen molar-refractivity contribution in [3.05, 3.63) is 16.1 Å². The van der Waals surface area contributed by atoms with Crippen molar-refractivity contribution in [3.63, 3.8) is 0 Å². The van der Waals surface area contributed by atoms with Gasteiger partial charge in [-0.25, -0.2) is 4.98 Å². The third kappa shape index (κ3) is 4.31. The second kappa shape index (κ2) is 6.23. The molecule has 3 heteroatoms. The van der Waals surface area contributed by atoms with Crippen LogP contribution in [-0.4, -0.2) is 17.6 Å². The summed E-state index contributed by atoms with van der Waals surface area (Å²) in [4.78, 5) is 4.52. The molecule has 1 rings (SSSR count). The molecule has 0 aliphatic carbocycles. The van der Waals surface area contributed by atoms with Crippen LogP contribution in [0, 0.1) is 12.8 Å². The molecule has 0 aliphatic rings. The number of hydrogen-bond acceptors (Lipinski definition) is 3. The smallest absolute Gasteiger partial charge is 0.0897 e. The Labute approximate surface area is 97.1 Å². The van der Waals surface area contributed by atoms with E-state index in [1.165, 1.54) is 17.1 Å². The maximum absolute atomic E-state index is 4.52. The Balaban J connectivity index is 2.50. The molecule has 15 heavy (non-hydrogen) atoms. The predicted octanol–water partition coefficient (Wildman–Crippen LogP) is 3.02. The van der Waals surface area contributed by atoms with Gasteiger partial charge in [0.1, 0.15) is 0 Å². The van der Waals surface area contributed by atoms with E-state index in [0.29, 0.717) is 12.0 Å². The lowest BCUT2D eigenvalue weighted by atomic mass is 9.99. The van der Waals surface area contributed by atoms with Gasteiger partial charge in [0.15, 0.2) is 0 Å². The molecule has 0 fully saturated rings. The van der Waals surface area contributed by atoms with Crippen LogP contribution in [0.15, 0.2) is 5.38 Å². The van der Waals surface area contributed by atoms with Crippen LogP contribution in [-0.2, 0) is 6.42 Å². The molecule has 2 nitrogen and oxygen atoms in total. The van der Waals surface area contributed by atoms with Gasteiger partial charge < -0.3 is 5.32 Å². The van der Waals surface area contributed by atoms with Crippen LogP contribution >= 0.6 is 11.3 Å². The van der Waals surface area contributed by atoms with Gasteiger partial charge in [-0.1, -0.05) is 20.8 Å². The van der Waals surface area contributed by atoms with E-state index in [2.05, 4.69) is 43.4 Å². The van der Waals surface area contributed by atoms with Gasteiger partial charge in [-0.3, -0.25) is 0 Å². The Morgan fingerprint density at radius 1 is 1.47 bits per heavy atom. The van der Waals surface area contributed by atoms with E-state index in [9.17, 15) is 0 Å². The fourth-order valence-electron chi connectivity index (χ4n) is 1.60. The lowest BCUT2D eigenvalue weighted by Crippen LogP contribution is -2.36. The van der Waals surface area contributed by atoms with Gasteiger partial charge in [-0.2, -0.15) is 0 Å². The number of hydrogen-bond donors (Lipinski definition) is 1. The van der Waals surface area contributed by atoms with Crippen molar-refractivity contribution in [1.82, 2.24) is 10.3 Å². The minimum Gasteiger partial charge on any atom is -0.313 e. The summed E-state index contributed by atoms with van der Waals surface area (Å²) in [6, 6.07) is 0.562. The molecular weight excluding hydrogens is 204 g/mol. The Hall–Kier alpha value is -0.410. The van der Waals surface area contributed by atoms with Crippen molar-refractivity contribution in [2.45, 2.75) is 46.6 Å². The molecule has 0 radical (unpaired) electrons. The summed E-state index contributed by atoms with van der Waals surface area (Å²) in [5.41, 5.74) is 1.24. The van der Waals surface area contributed by atoms with E-state index in [4.69, 9.17) is 0 Å². The van der Waals surface area contributed by atoms with E-state index in [0.717, 1.165) is 13.0 Å². The number of thiazole rings is 1. The largest absolute Gasteiger partial charge is 0.313 e. The van der Waals surface area contributed by atoms with E-state index < -0.39 is 0 Å². The molecular formula is C12H22N2S.